The summed E-state index contributed by atoms with van der Waals surface area (Å²) >= 11 is 0. The van der Waals surface area contributed by atoms with E-state index in [1.807, 2.05) is 6.20 Å². The van der Waals surface area contributed by atoms with Gasteiger partial charge in [0.25, 0.3) is 0 Å². The van der Waals surface area contributed by atoms with Crippen LogP contribution in [0, 0.1) is 6.92 Å². The molecule has 0 aliphatic carbocycles. The molecule has 1 aliphatic rings. The Morgan fingerprint density at radius 3 is 2.91 bits per heavy atom. The second kappa shape index (κ2) is 5.27. The summed E-state index contributed by atoms with van der Waals surface area (Å²) in [6.45, 7) is 9.48. The predicted molar refractivity (Wildman–Crippen MR) is 96.4 cm³/mol. The van der Waals surface area contributed by atoms with Gasteiger partial charge in [0, 0.05) is 52.8 Å². The van der Waals surface area contributed by atoms with Crippen LogP contribution in [-0.4, -0.2) is 16.5 Å². The standard InChI is InChI=1S/C20H21N3/c1-4-14-5-6-17-16(11-14)15(7-9-22-17)20-12(2)19-13(3)21-10-8-18(19)23-20/h5-7,9,11,21,23H,3-4,8,10H2,1-2H3. The molecule has 3 nitrogen and oxygen atoms in total. The van der Waals surface area contributed by atoms with Crippen molar-refractivity contribution in [2.45, 2.75) is 26.7 Å². The van der Waals surface area contributed by atoms with Crippen LogP contribution < -0.4 is 5.32 Å². The number of aromatic nitrogens is 2. The lowest BCUT2D eigenvalue weighted by molar-refractivity contribution is 0.800. The third-order valence-electron chi connectivity index (χ3n) is 4.83. The highest BCUT2D eigenvalue weighted by atomic mass is 14.9. The molecule has 0 radical (unpaired) electrons. The average molecular weight is 303 g/mol. The molecule has 0 saturated carbocycles. The molecule has 4 rings (SSSR count). The minimum absolute atomic E-state index is 0.947. The van der Waals surface area contributed by atoms with Crippen LogP contribution in [-0.2, 0) is 12.8 Å². The maximum Gasteiger partial charge on any atom is 0.0708 e. The highest BCUT2D eigenvalue weighted by Gasteiger charge is 2.21. The smallest absolute Gasteiger partial charge is 0.0708 e. The van der Waals surface area contributed by atoms with Gasteiger partial charge in [0.2, 0.25) is 0 Å². The van der Waals surface area contributed by atoms with Crippen LogP contribution >= 0.6 is 0 Å². The fourth-order valence-corrected chi connectivity index (χ4v) is 3.58. The van der Waals surface area contributed by atoms with Crippen LogP contribution in [0.15, 0.2) is 37.0 Å². The topological polar surface area (TPSA) is 40.7 Å². The average Bonchev–Trinajstić information content (AvgIpc) is 2.92. The number of fused-ring (bicyclic) bond motifs is 2. The van der Waals surface area contributed by atoms with Gasteiger partial charge in [0.05, 0.1) is 5.52 Å². The molecule has 0 amide bonds. The van der Waals surface area contributed by atoms with Crippen LogP contribution in [0.2, 0.25) is 0 Å². The van der Waals surface area contributed by atoms with E-state index in [0.29, 0.717) is 0 Å². The molecule has 0 fully saturated rings. The zero-order valence-electron chi connectivity index (χ0n) is 13.7. The number of hydrogen-bond acceptors (Lipinski definition) is 2. The number of nitrogens with one attached hydrogen (secondary N) is 2. The molecule has 0 atom stereocenters. The molecule has 3 heterocycles. The Morgan fingerprint density at radius 1 is 1.26 bits per heavy atom. The third kappa shape index (κ3) is 2.15. The van der Waals surface area contributed by atoms with Crippen LogP contribution in [0.4, 0.5) is 0 Å². The lowest BCUT2D eigenvalue weighted by Gasteiger charge is -2.17. The number of pyridine rings is 1. The summed E-state index contributed by atoms with van der Waals surface area (Å²) in [6.07, 6.45) is 3.94. The second-order valence-corrected chi connectivity index (χ2v) is 6.20. The van der Waals surface area contributed by atoms with Crippen molar-refractivity contribution in [1.29, 1.82) is 0 Å². The summed E-state index contributed by atoms with van der Waals surface area (Å²) in [6, 6.07) is 8.67. The summed E-state index contributed by atoms with van der Waals surface area (Å²) in [5.41, 5.74) is 9.65. The molecule has 0 bridgehead atoms. The van der Waals surface area contributed by atoms with Gasteiger partial charge in [-0.1, -0.05) is 19.6 Å². The Balaban J connectivity index is 1.98. The maximum absolute atomic E-state index is 4.53. The Bertz CT molecular complexity index is 918. The SMILES string of the molecule is C=C1NCCc2[nH]c(-c3ccnc4ccc(CC)cc34)c(C)c21. The predicted octanol–water partition coefficient (Wildman–Crippen LogP) is 4.22. The van der Waals surface area contributed by atoms with Crippen LogP contribution in [0.3, 0.4) is 0 Å². The molecule has 3 heteroatoms. The zero-order valence-corrected chi connectivity index (χ0v) is 13.7. The van der Waals surface area contributed by atoms with E-state index in [1.54, 1.807) is 0 Å². The Morgan fingerprint density at radius 2 is 2.13 bits per heavy atom. The van der Waals surface area contributed by atoms with Gasteiger partial charge in [-0.3, -0.25) is 4.98 Å². The first kappa shape index (κ1) is 14.1. The van der Waals surface area contributed by atoms with Gasteiger partial charge in [0.1, 0.15) is 0 Å². The van der Waals surface area contributed by atoms with E-state index >= 15 is 0 Å². The largest absolute Gasteiger partial charge is 0.385 e. The second-order valence-electron chi connectivity index (χ2n) is 6.20. The summed E-state index contributed by atoms with van der Waals surface area (Å²) in [5.74, 6) is 0. The van der Waals surface area contributed by atoms with Crippen molar-refractivity contribution in [3.63, 3.8) is 0 Å². The van der Waals surface area contributed by atoms with Gasteiger partial charge in [-0.15, -0.1) is 0 Å². The molecule has 23 heavy (non-hydrogen) atoms. The molecule has 1 aromatic carbocycles. The summed E-state index contributed by atoms with van der Waals surface area (Å²) < 4.78 is 0. The number of hydrogen-bond donors (Lipinski definition) is 2. The molecule has 2 aromatic heterocycles. The van der Waals surface area contributed by atoms with E-state index in [9.17, 15) is 0 Å². The lowest BCUT2D eigenvalue weighted by atomic mass is 9.98. The quantitative estimate of drug-likeness (QED) is 0.744. The first-order valence-electron chi connectivity index (χ1n) is 8.21. The van der Waals surface area contributed by atoms with E-state index < -0.39 is 0 Å². The van der Waals surface area contributed by atoms with Crippen molar-refractivity contribution >= 4 is 16.6 Å². The minimum Gasteiger partial charge on any atom is -0.385 e. The van der Waals surface area contributed by atoms with E-state index in [4.69, 9.17) is 0 Å². The summed E-state index contributed by atoms with van der Waals surface area (Å²) in [4.78, 5) is 8.18. The van der Waals surface area contributed by atoms with Gasteiger partial charge in [-0.05, 0) is 42.7 Å². The molecule has 0 unspecified atom stereocenters. The molecule has 1 aliphatic heterocycles. The minimum atomic E-state index is 0.947. The van der Waals surface area contributed by atoms with Crippen LogP contribution in [0.5, 0.6) is 0 Å². The van der Waals surface area contributed by atoms with Gasteiger partial charge < -0.3 is 10.3 Å². The zero-order chi connectivity index (χ0) is 16.0. The molecular weight excluding hydrogens is 282 g/mol. The molecule has 0 saturated heterocycles. The van der Waals surface area contributed by atoms with Gasteiger partial charge in [-0.2, -0.15) is 0 Å². The van der Waals surface area contributed by atoms with E-state index in [2.05, 4.69) is 60.0 Å². The highest BCUT2D eigenvalue weighted by molar-refractivity contribution is 5.95. The molecule has 116 valence electrons. The lowest BCUT2D eigenvalue weighted by Crippen LogP contribution is -2.21. The van der Waals surface area contributed by atoms with Crippen LogP contribution in [0.25, 0.3) is 27.9 Å². The molecule has 3 aromatic rings. The highest BCUT2D eigenvalue weighted by Crippen LogP contribution is 2.35. The number of benzene rings is 1. The van der Waals surface area contributed by atoms with Crippen molar-refractivity contribution < 1.29 is 0 Å². The Kier molecular flexibility index (Phi) is 3.22. The van der Waals surface area contributed by atoms with Crippen LogP contribution in [0.1, 0.15) is 29.3 Å². The van der Waals surface area contributed by atoms with Gasteiger partial charge >= 0.3 is 0 Å². The van der Waals surface area contributed by atoms with Crippen molar-refractivity contribution in [3.05, 3.63) is 59.4 Å². The van der Waals surface area contributed by atoms with Gasteiger partial charge in [0.15, 0.2) is 0 Å². The Labute approximate surface area is 136 Å². The third-order valence-corrected chi connectivity index (χ3v) is 4.83. The fraction of sp³-hybridized carbons (Fsp3) is 0.250. The number of nitrogens with zero attached hydrogens (tertiary/aromatic N) is 1. The number of H-pyrrole nitrogens is 1. The van der Waals surface area contributed by atoms with E-state index in [-0.39, 0.29) is 0 Å². The number of aromatic amines is 1. The molecule has 2 N–H and O–H groups in total. The van der Waals surface area contributed by atoms with Crippen molar-refractivity contribution in [2.24, 2.45) is 0 Å². The fourth-order valence-electron chi connectivity index (χ4n) is 3.58. The molecule has 0 spiro atoms. The summed E-state index contributed by atoms with van der Waals surface area (Å²) in [7, 11) is 0. The first-order valence-corrected chi connectivity index (χ1v) is 8.21. The van der Waals surface area contributed by atoms with Crippen molar-refractivity contribution in [2.75, 3.05) is 6.54 Å². The monoisotopic (exact) mass is 303 g/mol. The normalized spacial score (nSPS) is 13.9. The number of rotatable bonds is 2. The maximum atomic E-state index is 4.53. The number of aryl methyl sites for hydroxylation is 1. The van der Waals surface area contributed by atoms with Crippen molar-refractivity contribution in [1.82, 2.24) is 15.3 Å². The Hall–Kier alpha value is -2.55. The van der Waals surface area contributed by atoms with E-state index in [0.717, 1.165) is 30.6 Å². The molecular formula is C20H21N3. The van der Waals surface area contributed by atoms with E-state index in [1.165, 1.54) is 39.0 Å². The summed E-state index contributed by atoms with van der Waals surface area (Å²) in [5, 5.41) is 4.59. The van der Waals surface area contributed by atoms with Crippen molar-refractivity contribution in [3.8, 4) is 11.3 Å². The van der Waals surface area contributed by atoms with Gasteiger partial charge in [-0.25, -0.2) is 0 Å². The first-order chi connectivity index (χ1) is 11.2.